The minimum absolute atomic E-state index is 0.236. The van der Waals surface area contributed by atoms with E-state index < -0.39 is 18.4 Å². The Morgan fingerprint density at radius 1 is 0.944 bits per heavy atom. The van der Waals surface area contributed by atoms with Crippen molar-refractivity contribution < 1.29 is 32.2 Å². The first-order valence-electron chi connectivity index (χ1n) is 10.8. The normalized spacial score (nSPS) is 11.2. The molecule has 0 atom stereocenters. The molecule has 0 fully saturated rings. The second-order valence-electron chi connectivity index (χ2n) is 7.97. The van der Waals surface area contributed by atoms with Gasteiger partial charge in [-0.1, -0.05) is 18.2 Å². The Labute approximate surface area is 205 Å². The lowest BCUT2D eigenvalue weighted by Crippen LogP contribution is -2.22. The molecule has 0 radical (unpaired) electrons. The quantitative estimate of drug-likeness (QED) is 0.366. The Kier molecular flexibility index (Phi) is 8.38. The van der Waals surface area contributed by atoms with Gasteiger partial charge in [-0.2, -0.15) is 0 Å². The van der Waals surface area contributed by atoms with Gasteiger partial charge in [0, 0.05) is 17.8 Å². The molecule has 0 aliphatic rings. The first-order chi connectivity index (χ1) is 17.0. The number of nitrogens with zero attached hydrogens (tertiary/aromatic N) is 1. The molecule has 3 aromatic carbocycles. The van der Waals surface area contributed by atoms with Crippen LogP contribution in [-0.2, 0) is 4.74 Å². The Morgan fingerprint density at radius 3 is 2.31 bits per heavy atom. The van der Waals surface area contributed by atoms with Gasteiger partial charge in [-0.25, -0.2) is 4.79 Å². The second-order valence-corrected chi connectivity index (χ2v) is 7.97. The van der Waals surface area contributed by atoms with Crippen LogP contribution in [0.1, 0.15) is 10.4 Å². The Hall–Kier alpha value is -4.25. The molecular weight excluding hydrogens is 477 g/mol. The van der Waals surface area contributed by atoms with E-state index in [1.54, 1.807) is 30.3 Å². The summed E-state index contributed by atoms with van der Waals surface area (Å²) in [7, 11) is 3.72. The summed E-state index contributed by atoms with van der Waals surface area (Å²) in [5.41, 5.74) is 8.27. The number of halogens is 3. The summed E-state index contributed by atoms with van der Waals surface area (Å²) in [6, 6.07) is 16.3. The van der Waals surface area contributed by atoms with Crippen LogP contribution in [0, 0.1) is 0 Å². The standard InChI is InChI=1S/C25H25F3N4O4/c1-32(2)12-13-35-24(34)30-19-9-6-16(7-10-19)23(33)31-22-15-18(8-11-21(22)29)17-4-3-5-20(14-17)36-25(26,27)28/h3-11,14-15H,12-13,29H2,1-2H3,(H,30,34)(H,31,33). The Morgan fingerprint density at radius 2 is 1.64 bits per heavy atom. The van der Waals surface area contributed by atoms with Crippen LogP contribution >= 0.6 is 0 Å². The molecule has 0 aliphatic carbocycles. The van der Waals surface area contributed by atoms with Crippen LogP contribution in [0.4, 0.5) is 35.0 Å². The highest BCUT2D eigenvalue weighted by Crippen LogP contribution is 2.31. The van der Waals surface area contributed by atoms with Crippen molar-refractivity contribution in [2.45, 2.75) is 6.36 Å². The highest BCUT2D eigenvalue weighted by molar-refractivity contribution is 6.06. The third-order valence-electron chi connectivity index (χ3n) is 4.87. The fourth-order valence-corrected chi connectivity index (χ4v) is 3.09. The first kappa shape index (κ1) is 26.4. The highest BCUT2D eigenvalue weighted by Gasteiger charge is 2.31. The van der Waals surface area contributed by atoms with Crippen molar-refractivity contribution in [3.05, 3.63) is 72.3 Å². The molecule has 0 saturated heterocycles. The van der Waals surface area contributed by atoms with Crippen molar-refractivity contribution in [3.63, 3.8) is 0 Å². The topological polar surface area (TPSA) is 106 Å². The molecule has 0 spiro atoms. The third kappa shape index (κ3) is 7.91. The van der Waals surface area contributed by atoms with Crippen LogP contribution in [-0.4, -0.2) is 50.5 Å². The highest BCUT2D eigenvalue weighted by atomic mass is 19.4. The third-order valence-corrected chi connectivity index (χ3v) is 4.87. The van der Waals surface area contributed by atoms with Crippen LogP contribution in [0.5, 0.6) is 5.75 Å². The van der Waals surface area contributed by atoms with Gasteiger partial charge in [-0.05, 0) is 73.8 Å². The average molecular weight is 502 g/mol. The number of hydrogen-bond acceptors (Lipinski definition) is 6. The predicted octanol–water partition coefficient (Wildman–Crippen LogP) is 5.20. The molecule has 8 nitrogen and oxygen atoms in total. The number of nitrogens with one attached hydrogen (secondary N) is 2. The van der Waals surface area contributed by atoms with Gasteiger partial charge in [0.15, 0.2) is 0 Å². The number of nitrogens with two attached hydrogens (primary N) is 1. The fourth-order valence-electron chi connectivity index (χ4n) is 3.09. The van der Waals surface area contributed by atoms with E-state index in [1.807, 2.05) is 19.0 Å². The van der Waals surface area contributed by atoms with Crippen molar-refractivity contribution in [1.82, 2.24) is 4.90 Å². The minimum Gasteiger partial charge on any atom is -0.448 e. The van der Waals surface area contributed by atoms with Crippen molar-refractivity contribution >= 4 is 29.1 Å². The molecule has 0 saturated carbocycles. The first-order valence-corrected chi connectivity index (χ1v) is 10.8. The van der Waals surface area contributed by atoms with Gasteiger partial charge in [0.2, 0.25) is 0 Å². The van der Waals surface area contributed by atoms with Crippen LogP contribution in [0.2, 0.25) is 0 Å². The summed E-state index contributed by atoms with van der Waals surface area (Å²) in [5.74, 6) is -0.828. The van der Waals surface area contributed by atoms with E-state index in [9.17, 15) is 22.8 Å². The van der Waals surface area contributed by atoms with E-state index in [0.717, 1.165) is 0 Å². The maximum Gasteiger partial charge on any atom is 0.573 e. The number of alkyl halides is 3. The number of likely N-dealkylation sites (N-methyl/N-ethyl adjacent to an activating group) is 1. The zero-order valence-electron chi connectivity index (χ0n) is 19.6. The Balaban J connectivity index is 1.67. The summed E-state index contributed by atoms with van der Waals surface area (Å²) in [5, 5.41) is 5.27. The summed E-state index contributed by atoms with van der Waals surface area (Å²) in [4.78, 5) is 26.4. The summed E-state index contributed by atoms with van der Waals surface area (Å²) in [6.45, 7) is 0.823. The predicted molar refractivity (Wildman–Crippen MR) is 131 cm³/mol. The number of carbonyl (C=O) groups is 2. The molecule has 0 heterocycles. The van der Waals surface area contributed by atoms with E-state index in [-0.39, 0.29) is 23.7 Å². The molecule has 3 rings (SSSR count). The largest absolute Gasteiger partial charge is 0.573 e. The van der Waals surface area contributed by atoms with E-state index >= 15 is 0 Å². The molecule has 36 heavy (non-hydrogen) atoms. The van der Waals surface area contributed by atoms with E-state index in [4.69, 9.17) is 10.5 Å². The molecule has 11 heteroatoms. The number of amides is 2. The van der Waals surface area contributed by atoms with Gasteiger partial charge in [0.25, 0.3) is 5.91 Å². The van der Waals surface area contributed by atoms with Gasteiger partial charge in [0.05, 0.1) is 11.4 Å². The van der Waals surface area contributed by atoms with Gasteiger partial charge in [-0.15, -0.1) is 13.2 Å². The van der Waals surface area contributed by atoms with Crippen molar-refractivity contribution in [3.8, 4) is 16.9 Å². The molecule has 4 N–H and O–H groups in total. The number of carbonyl (C=O) groups excluding carboxylic acids is 2. The number of ether oxygens (including phenoxy) is 2. The smallest absolute Gasteiger partial charge is 0.448 e. The Bertz CT molecular complexity index is 1210. The lowest BCUT2D eigenvalue weighted by atomic mass is 10.0. The van der Waals surface area contributed by atoms with Crippen LogP contribution in [0.3, 0.4) is 0 Å². The minimum atomic E-state index is -4.81. The monoisotopic (exact) mass is 502 g/mol. The van der Waals surface area contributed by atoms with Gasteiger partial charge in [-0.3, -0.25) is 10.1 Å². The second kappa shape index (κ2) is 11.5. The van der Waals surface area contributed by atoms with Crippen molar-refractivity contribution in [2.24, 2.45) is 0 Å². The van der Waals surface area contributed by atoms with Crippen LogP contribution in [0.15, 0.2) is 66.7 Å². The molecule has 190 valence electrons. The lowest BCUT2D eigenvalue weighted by Gasteiger charge is -2.13. The molecule has 0 aliphatic heterocycles. The van der Waals surface area contributed by atoms with E-state index in [2.05, 4.69) is 15.4 Å². The van der Waals surface area contributed by atoms with E-state index in [1.165, 1.54) is 36.4 Å². The number of benzene rings is 3. The van der Waals surface area contributed by atoms with Gasteiger partial charge >= 0.3 is 12.5 Å². The van der Waals surface area contributed by atoms with Gasteiger partial charge < -0.3 is 25.4 Å². The SMILES string of the molecule is CN(C)CCOC(=O)Nc1ccc(C(=O)Nc2cc(-c3cccc(OC(F)(F)F)c3)ccc2N)cc1. The van der Waals surface area contributed by atoms with Crippen molar-refractivity contribution in [2.75, 3.05) is 43.6 Å². The number of rotatable bonds is 8. The molecule has 3 aromatic rings. The van der Waals surface area contributed by atoms with Crippen LogP contribution in [0.25, 0.3) is 11.1 Å². The number of anilines is 3. The lowest BCUT2D eigenvalue weighted by molar-refractivity contribution is -0.274. The van der Waals surface area contributed by atoms with Crippen LogP contribution < -0.4 is 21.1 Å². The zero-order chi connectivity index (χ0) is 26.3. The molecule has 2 amide bonds. The number of hydrogen-bond donors (Lipinski definition) is 3. The maximum atomic E-state index is 12.7. The molecule has 0 unspecified atom stereocenters. The molecule has 0 aromatic heterocycles. The average Bonchev–Trinajstić information content (AvgIpc) is 2.79. The molecular formula is C25H25F3N4O4. The zero-order valence-corrected chi connectivity index (χ0v) is 19.6. The fraction of sp³-hybridized carbons (Fsp3) is 0.200. The van der Waals surface area contributed by atoms with Gasteiger partial charge in [0.1, 0.15) is 12.4 Å². The number of nitrogen functional groups attached to an aromatic ring is 1. The van der Waals surface area contributed by atoms with E-state index in [0.29, 0.717) is 28.9 Å². The van der Waals surface area contributed by atoms with Crippen molar-refractivity contribution in [1.29, 1.82) is 0 Å². The maximum absolute atomic E-state index is 12.7. The summed E-state index contributed by atoms with van der Waals surface area (Å²) in [6.07, 6.45) is -5.42. The molecule has 0 bridgehead atoms. The summed E-state index contributed by atoms with van der Waals surface area (Å²) < 4.78 is 46.7. The summed E-state index contributed by atoms with van der Waals surface area (Å²) >= 11 is 0.